The third-order valence-corrected chi connectivity index (χ3v) is 3.57. The van der Waals surface area contributed by atoms with E-state index in [2.05, 4.69) is 26.6 Å². The highest BCUT2D eigenvalue weighted by Gasteiger charge is 2.32. The molecule has 1 saturated carbocycles. The lowest BCUT2D eigenvalue weighted by Crippen LogP contribution is -2.41. The molecule has 1 fully saturated rings. The molecule has 0 aromatic rings. The van der Waals surface area contributed by atoms with Crippen LogP contribution in [0.4, 0.5) is 0 Å². The summed E-state index contributed by atoms with van der Waals surface area (Å²) in [7, 11) is -1.32. The van der Waals surface area contributed by atoms with Gasteiger partial charge in [-0.2, -0.15) is 0 Å². The molecule has 1 rings (SSSR count). The van der Waals surface area contributed by atoms with Gasteiger partial charge in [0.05, 0.1) is 5.60 Å². The topological polar surface area (TPSA) is 9.23 Å². The molecule has 72 valence electrons. The number of rotatable bonds is 2. The van der Waals surface area contributed by atoms with E-state index in [0.29, 0.717) is 0 Å². The van der Waals surface area contributed by atoms with Crippen LogP contribution in [0.1, 0.15) is 39.0 Å². The van der Waals surface area contributed by atoms with Crippen LogP contribution in [-0.4, -0.2) is 13.9 Å². The fourth-order valence-electron chi connectivity index (χ4n) is 2.14. The molecule has 0 radical (unpaired) electrons. The van der Waals surface area contributed by atoms with E-state index < -0.39 is 8.32 Å². The Balaban J connectivity index is 2.47. The second-order valence-electron chi connectivity index (χ2n) is 5.23. The van der Waals surface area contributed by atoms with Gasteiger partial charge in [0.2, 0.25) is 0 Å². The van der Waals surface area contributed by atoms with Gasteiger partial charge in [-0.15, -0.1) is 0 Å². The first-order valence-electron chi connectivity index (χ1n) is 5.12. The number of hydrogen-bond donors (Lipinski definition) is 0. The summed E-state index contributed by atoms with van der Waals surface area (Å²) in [5, 5.41) is 0. The van der Waals surface area contributed by atoms with Crippen molar-refractivity contribution in [2.24, 2.45) is 0 Å². The van der Waals surface area contributed by atoms with Crippen LogP contribution in [0.15, 0.2) is 0 Å². The fourth-order valence-corrected chi connectivity index (χ4v) is 3.82. The molecule has 0 aliphatic heterocycles. The molecule has 1 aliphatic rings. The van der Waals surface area contributed by atoms with Crippen molar-refractivity contribution < 1.29 is 4.43 Å². The summed E-state index contributed by atoms with van der Waals surface area (Å²) < 4.78 is 6.20. The molecule has 0 aromatic carbocycles. The van der Waals surface area contributed by atoms with E-state index in [-0.39, 0.29) is 5.60 Å². The minimum Gasteiger partial charge on any atom is -0.412 e. The second-order valence-corrected chi connectivity index (χ2v) is 9.65. The van der Waals surface area contributed by atoms with Crippen LogP contribution >= 0.6 is 0 Å². The van der Waals surface area contributed by atoms with Crippen LogP contribution in [-0.2, 0) is 4.43 Å². The van der Waals surface area contributed by atoms with Gasteiger partial charge in [0.15, 0.2) is 8.32 Å². The zero-order valence-corrected chi connectivity index (χ0v) is 9.94. The van der Waals surface area contributed by atoms with E-state index in [1.54, 1.807) is 0 Å². The van der Waals surface area contributed by atoms with Crippen LogP contribution in [0.5, 0.6) is 0 Å². The SMILES string of the molecule is CC1(O[Si](C)(C)C)CCCCC1. The molecule has 12 heavy (non-hydrogen) atoms. The van der Waals surface area contributed by atoms with Crippen LogP contribution in [0.2, 0.25) is 19.6 Å². The van der Waals surface area contributed by atoms with E-state index in [0.717, 1.165) is 0 Å². The smallest absolute Gasteiger partial charge is 0.184 e. The van der Waals surface area contributed by atoms with Gasteiger partial charge >= 0.3 is 0 Å². The normalized spacial score (nSPS) is 24.0. The Morgan fingerprint density at radius 2 is 1.50 bits per heavy atom. The lowest BCUT2D eigenvalue weighted by Gasteiger charge is -2.39. The third-order valence-electron chi connectivity index (χ3n) is 2.46. The van der Waals surface area contributed by atoms with Gasteiger partial charge in [-0.05, 0) is 39.4 Å². The predicted molar refractivity (Wildman–Crippen MR) is 55.9 cm³/mol. The molecule has 0 amide bonds. The average Bonchev–Trinajstić information content (AvgIpc) is 1.83. The highest BCUT2D eigenvalue weighted by atomic mass is 28.4. The van der Waals surface area contributed by atoms with Crippen molar-refractivity contribution in [3.8, 4) is 0 Å². The van der Waals surface area contributed by atoms with E-state index in [4.69, 9.17) is 4.43 Å². The first-order valence-corrected chi connectivity index (χ1v) is 8.52. The zero-order chi connectivity index (χ0) is 9.24. The quantitative estimate of drug-likeness (QED) is 0.599. The van der Waals surface area contributed by atoms with E-state index in [1.165, 1.54) is 32.1 Å². The second kappa shape index (κ2) is 3.50. The lowest BCUT2D eigenvalue weighted by molar-refractivity contribution is 0.0411. The Bertz CT molecular complexity index is 142. The van der Waals surface area contributed by atoms with Crippen molar-refractivity contribution >= 4 is 8.32 Å². The summed E-state index contributed by atoms with van der Waals surface area (Å²) in [4.78, 5) is 0. The van der Waals surface area contributed by atoms with Crippen LogP contribution in [0.3, 0.4) is 0 Å². The van der Waals surface area contributed by atoms with Crippen molar-refractivity contribution in [3.05, 3.63) is 0 Å². The lowest BCUT2D eigenvalue weighted by atomic mass is 9.87. The molecule has 0 bridgehead atoms. The molecule has 0 spiro atoms. The van der Waals surface area contributed by atoms with Gasteiger partial charge in [0.1, 0.15) is 0 Å². The highest BCUT2D eigenvalue weighted by molar-refractivity contribution is 6.69. The Hall–Kier alpha value is 0.177. The molecule has 0 unspecified atom stereocenters. The van der Waals surface area contributed by atoms with E-state index in [9.17, 15) is 0 Å². The number of hydrogen-bond acceptors (Lipinski definition) is 1. The molecule has 1 nitrogen and oxygen atoms in total. The van der Waals surface area contributed by atoms with E-state index in [1.807, 2.05) is 0 Å². The molecule has 0 heterocycles. The van der Waals surface area contributed by atoms with Crippen molar-refractivity contribution in [3.63, 3.8) is 0 Å². The molecule has 0 saturated heterocycles. The summed E-state index contributed by atoms with van der Waals surface area (Å²) in [6.07, 6.45) is 6.68. The maximum Gasteiger partial charge on any atom is 0.184 e. The van der Waals surface area contributed by atoms with Gasteiger partial charge in [-0.25, -0.2) is 0 Å². The zero-order valence-electron chi connectivity index (χ0n) is 8.94. The molecule has 0 aromatic heterocycles. The molecular formula is C10H22OSi. The van der Waals surface area contributed by atoms with Crippen molar-refractivity contribution in [2.45, 2.75) is 64.3 Å². The summed E-state index contributed by atoms with van der Waals surface area (Å²) in [5.41, 5.74) is 0.225. The van der Waals surface area contributed by atoms with Crippen molar-refractivity contribution in [1.29, 1.82) is 0 Å². The highest BCUT2D eigenvalue weighted by Crippen LogP contribution is 2.33. The van der Waals surface area contributed by atoms with Gasteiger partial charge in [0, 0.05) is 0 Å². The molecule has 1 aliphatic carbocycles. The fraction of sp³-hybridized carbons (Fsp3) is 1.00. The molecule has 2 heteroatoms. The van der Waals surface area contributed by atoms with Crippen LogP contribution in [0.25, 0.3) is 0 Å². The van der Waals surface area contributed by atoms with Gasteiger partial charge < -0.3 is 4.43 Å². The minimum absolute atomic E-state index is 0.225. The third kappa shape index (κ3) is 3.28. The summed E-state index contributed by atoms with van der Waals surface area (Å²) in [6, 6.07) is 0. The minimum atomic E-state index is -1.32. The maximum atomic E-state index is 6.20. The van der Waals surface area contributed by atoms with E-state index >= 15 is 0 Å². The van der Waals surface area contributed by atoms with Crippen molar-refractivity contribution in [2.75, 3.05) is 0 Å². The summed E-state index contributed by atoms with van der Waals surface area (Å²) in [5.74, 6) is 0. The van der Waals surface area contributed by atoms with Crippen molar-refractivity contribution in [1.82, 2.24) is 0 Å². The first kappa shape index (κ1) is 10.3. The predicted octanol–water partition coefficient (Wildman–Crippen LogP) is 3.56. The van der Waals surface area contributed by atoms with Gasteiger partial charge in [0.25, 0.3) is 0 Å². The van der Waals surface area contributed by atoms with Gasteiger partial charge in [-0.1, -0.05) is 19.3 Å². The Labute approximate surface area is 77.6 Å². The Morgan fingerprint density at radius 1 is 1.00 bits per heavy atom. The first-order chi connectivity index (χ1) is 5.41. The Kier molecular flexibility index (Phi) is 3.00. The largest absolute Gasteiger partial charge is 0.412 e. The molecule has 0 N–H and O–H groups in total. The summed E-state index contributed by atoms with van der Waals surface area (Å²) in [6.45, 7) is 9.15. The molecule has 0 atom stereocenters. The Morgan fingerprint density at radius 3 is 1.92 bits per heavy atom. The standard InChI is InChI=1S/C10H22OSi/c1-10(11-12(2,3)4)8-6-5-7-9-10/h5-9H2,1-4H3. The van der Waals surface area contributed by atoms with Crippen LogP contribution < -0.4 is 0 Å². The van der Waals surface area contributed by atoms with Gasteiger partial charge in [-0.3, -0.25) is 0 Å². The maximum absolute atomic E-state index is 6.20. The summed E-state index contributed by atoms with van der Waals surface area (Å²) >= 11 is 0. The molecular weight excluding hydrogens is 164 g/mol. The van der Waals surface area contributed by atoms with Crippen LogP contribution in [0, 0.1) is 0 Å². The average molecular weight is 186 g/mol. The monoisotopic (exact) mass is 186 g/mol.